The van der Waals surface area contributed by atoms with E-state index in [0.29, 0.717) is 18.8 Å². The van der Waals surface area contributed by atoms with Gasteiger partial charge in [-0.2, -0.15) is 0 Å². The molecule has 0 saturated heterocycles. The van der Waals surface area contributed by atoms with Crippen molar-refractivity contribution in [1.29, 1.82) is 0 Å². The van der Waals surface area contributed by atoms with Crippen LogP contribution in [0.4, 0.5) is 0 Å². The number of benzene rings is 2. The Bertz CT molecular complexity index is 570. The molecule has 2 rings (SSSR count). The van der Waals surface area contributed by atoms with Gasteiger partial charge in [0.1, 0.15) is 18.1 Å². The average molecular weight is 296 g/mol. The van der Waals surface area contributed by atoms with E-state index < -0.39 is 0 Å². The highest BCUT2D eigenvalue weighted by Crippen LogP contribution is 2.16. The number of hydrogen-bond donors (Lipinski definition) is 0. The SMILES string of the molecule is CC(C)C(=O)CCCc1ccc(OCc2ccccc2)cc1. The predicted octanol–water partition coefficient (Wildman–Crippen LogP) is 4.81. The second-order valence-corrected chi connectivity index (χ2v) is 5.89. The minimum atomic E-state index is 0.147. The van der Waals surface area contributed by atoms with Crippen LogP contribution < -0.4 is 4.74 Å². The van der Waals surface area contributed by atoms with Crippen molar-refractivity contribution in [3.63, 3.8) is 0 Å². The molecule has 0 N–H and O–H groups in total. The Morgan fingerprint density at radius 2 is 1.64 bits per heavy atom. The lowest BCUT2D eigenvalue weighted by atomic mass is 10.0. The van der Waals surface area contributed by atoms with E-state index in [-0.39, 0.29) is 5.92 Å². The van der Waals surface area contributed by atoms with Gasteiger partial charge < -0.3 is 4.74 Å². The van der Waals surface area contributed by atoms with E-state index in [4.69, 9.17) is 4.74 Å². The van der Waals surface area contributed by atoms with E-state index in [1.165, 1.54) is 11.1 Å². The van der Waals surface area contributed by atoms with E-state index in [2.05, 4.69) is 24.3 Å². The van der Waals surface area contributed by atoms with Crippen molar-refractivity contribution in [3.05, 3.63) is 65.7 Å². The molecular formula is C20H24O2. The fraction of sp³-hybridized carbons (Fsp3) is 0.350. The maximum absolute atomic E-state index is 11.6. The molecule has 0 atom stereocenters. The summed E-state index contributed by atoms with van der Waals surface area (Å²) in [5, 5.41) is 0. The summed E-state index contributed by atoms with van der Waals surface area (Å²) >= 11 is 0. The van der Waals surface area contributed by atoms with Gasteiger partial charge in [0.05, 0.1) is 0 Å². The smallest absolute Gasteiger partial charge is 0.135 e. The Balaban J connectivity index is 1.77. The monoisotopic (exact) mass is 296 g/mol. The van der Waals surface area contributed by atoms with Gasteiger partial charge in [0.25, 0.3) is 0 Å². The molecule has 0 spiro atoms. The van der Waals surface area contributed by atoms with Crippen molar-refractivity contribution in [1.82, 2.24) is 0 Å². The lowest BCUT2D eigenvalue weighted by Gasteiger charge is -2.08. The molecule has 0 radical (unpaired) electrons. The Labute approximate surface area is 133 Å². The zero-order valence-corrected chi connectivity index (χ0v) is 13.4. The van der Waals surface area contributed by atoms with E-state index in [9.17, 15) is 4.79 Å². The first-order valence-corrected chi connectivity index (χ1v) is 7.93. The third-order valence-corrected chi connectivity index (χ3v) is 3.70. The molecule has 2 heteroatoms. The number of ketones is 1. The van der Waals surface area contributed by atoms with Crippen molar-refractivity contribution in [2.45, 2.75) is 39.7 Å². The van der Waals surface area contributed by atoms with Crippen LogP contribution in [0.15, 0.2) is 54.6 Å². The van der Waals surface area contributed by atoms with E-state index in [1.807, 2.05) is 44.2 Å². The number of rotatable bonds is 8. The average Bonchev–Trinajstić information content (AvgIpc) is 2.55. The number of carbonyl (C=O) groups excluding carboxylic acids is 1. The number of ether oxygens (including phenoxy) is 1. The zero-order valence-electron chi connectivity index (χ0n) is 13.4. The molecule has 116 valence electrons. The fourth-order valence-corrected chi connectivity index (χ4v) is 2.25. The highest BCUT2D eigenvalue weighted by molar-refractivity contribution is 5.80. The largest absolute Gasteiger partial charge is 0.489 e. The van der Waals surface area contributed by atoms with Crippen LogP contribution in [-0.4, -0.2) is 5.78 Å². The Morgan fingerprint density at radius 3 is 2.27 bits per heavy atom. The molecule has 2 aromatic rings. The quantitative estimate of drug-likeness (QED) is 0.698. The Morgan fingerprint density at radius 1 is 0.955 bits per heavy atom. The van der Waals surface area contributed by atoms with E-state index in [0.717, 1.165) is 18.6 Å². The maximum atomic E-state index is 11.6. The molecule has 0 aliphatic carbocycles. The van der Waals surface area contributed by atoms with Crippen LogP contribution in [-0.2, 0) is 17.8 Å². The molecule has 2 aromatic carbocycles. The molecule has 0 amide bonds. The highest BCUT2D eigenvalue weighted by Gasteiger charge is 2.06. The molecule has 0 unspecified atom stereocenters. The molecule has 0 saturated carbocycles. The summed E-state index contributed by atoms with van der Waals surface area (Å²) in [5.41, 5.74) is 2.42. The lowest BCUT2D eigenvalue weighted by molar-refractivity contribution is -0.121. The van der Waals surface area contributed by atoms with Crippen LogP contribution in [0.2, 0.25) is 0 Å². The van der Waals surface area contributed by atoms with Crippen molar-refractivity contribution in [2.24, 2.45) is 5.92 Å². The first kappa shape index (κ1) is 16.3. The van der Waals surface area contributed by atoms with Gasteiger partial charge in [-0.3, -0.25) is 4.79 Å². The zero-order chi connectivity index (χ0) is 15.8. The summed E-state index contributed by atoms with van der Waals surface area (Å²) in [6.07, 6.45) is 2.53. The van der Waals surface area contributed by atoms with Gasteiger partial charge >= 0.3 is 0 Å². The second kappa shape index (κ2) is 8.38. The summed E-state index contributed by atoms with van der Waals surface area (Å²) in [4.78, 5) is 11.6. The number of aryl methyl sites for hydroxylation is 1. The molecule has 0 heterocycles. The minimum Gasteiger partial charge on any atom is -0.489 e. The van der Waals surface area contributed by atoms with E-state index >= 15 is 0 Å². The second-order valence-electron chi connectivity index (χ2n) is 5.89. The van der Waals surface area contributed by atoms with Gasteiger partial charge in [0.15, 0.2) is 0 Å². The topological polar surface area (TPSA) is 26.3 Å². The van der Waals surface area contributed by atoms with Gasteiger partial charge in [-0.05, 0) is 36.1 Å². The van der Waals surface area contributed by atoms with Crippen LogP contribution in [0.3, 0.4) is 0 Å². The van der Waals surface area contributed by atoms with Gasteiger partial charge in [0, 0.05) is 12.3 Å². The van der Waals surface area contributed by atoms with Crippen molar-refractivity contribution in [3.8, 4) is 5.75 Å². The summed E-state index contributed by atoms with van der Waals surface area (Å²) in [6, 6.07) is 18.3. The molecule has 22 heavy (non-hydrogen) atoms. The van der Waals surface area contributed by atoms with Crippen LogP contribution in [0, 0.1) is 5.92 Å². The van der Waals surface area contributed by atoms with Gasteiger partial charge in [-0.15, -0.1) is 0 Å². The van der Waals surface area contributed by atoms with Crippen LogP contribution in [0.5, 0.6) is 5.75 Å². The summed E-state index contributed by atoms with van der Waals surface area (Å²) in [6.45, 7) is 4.51. The normalized spacial score (nSPS) is 10.7. The molecule has 0 aromatic heterocycles. The summed E-state index contributed by atoms with van der Waals surface area (Å²) in [5.74, 6) is 1.38. The first-order chi connectivity index (χ1) is 10.6. The highest BCUT2D eigenvalue weighted by atomic mass is 16.5. The third kappa shape index (κ3) is 5.36. The Kier molecular flexibility index (Phi) is 6.20. The predicted molar refractivity (Wildman–Crippen MR) is 90.0 cm³/mol. The van der Waals surface area contributed by atoms with Crippen molar-refractivity contribution >= 4 is 5.78 Å². The van der Waals surface area contributed by atoms with Crippen molar-refractivity contribution in [2.75, 3.05) is 0 Å². The first-order valence-electron chi connectivity index (χ1n) is 7.93. The van der Waals surface area contributed by atoms with Gasteiger partial charge in [-0.1, -0.05) is 56.3 Å². The molecule has 0 aliphatic rings. The number of carbonyl (C=O) groups is 1. The fourth-order valence-electron chi connectivity index (χ4n) is 2.25. The molecule has 2 nitrogen and oxygen atoms in total. The summed E-state index contributed by atoms with van der Waals surface area (Å²) < 4.78 is 5.77. The third-order valence-electron chi connectivity index (χ3n) is 3.70. The van der Waals surface area contributed by atoms with Crippen molar-refractivity contribution < 1.29 is 9.53 Å². The maximum Gasteiger partial charge on any atom is 0.135 e. The lowest BCUT2D eigenvalue weighted by Crippen LogP contribution is -2.06. The molecule has 0 aliphatic heterocycles. The van der Waals surface area contributed by atoms with Crippen LogP contribution in [0.1, 0.15) is 37.8 Å². The van der Waals surface area contributed by atoms with Gasteiger partial charge in [-0.25, -0.2) is 0 Å². The number of hydrogen-bond acceptors (Lipinski definition) is 2. The Hall–Kier alpha value is -2.09. The molecule has 0 fully saturated rings. The van der Waals surface area contributed by atoms with Crippen LogP contribution >= 0.6 is 0 Å². The minimum absolute atomic E-state index is 0.147. The van der Waals surface area contributed by atoms with Crippen LogP contribution in [0.25, 0.3) is 0 Å². The molecular weight excluding hydrogens is 272 g/mol. The summed E-state index contributed by atoms with van der Waals surface area (Å²) in [7, 11) is 0. The standard InChI is InChI=1S/C20H24O2/c1-16(2)20(21)10-6-9-17-11-13-19(14-12-17)22-15-18-7-4-3-5-8-18/h3-5,7-8,11-14,16H,6,9-10,15H2,1-2H3. The van der Waals surface area contributed by atoms with E-state index in [1.54, 1.807) is 0 Å². The molecule has 0 bridgehead atoms. The van der Waals surface area contributed by atoms with Gasteiger partial charge in [0.2, 0.25) is 0 Å². The number of Topliss-reactive ketones (excluding diaryl/α,β-unsaturated/α-hetero) is 1.